The Labute approximate surface area is 127 Å². The average molecular weight is 283 g/mol. The van der Waals surface area contributed by atoms with Gasteiger partial charge >= 0.3 is 0 Å². The standard InChI is InChI=1S/C18H38N2/c1-7-16-10-12-17(13-11-16)20(6)15(2)9-8-14-19-18(3,4)5/h15-17,19H,7-14H2,1-6H3. The van der Waals surface area contributed by atoms with Crippen molar-refractivity contribution in [3.63, 3.8) is 0 Å². The van der Waals surface area contributed by atoms with E-state index < -0.39 is 0 Å². The second-order valence-corrected chi connectivity index (χ2v) is 7.92. The summed E-state index contributed by atoms with van der Waals surface area (Å²) >= 11 is 0. The highest BCUT2D eigenvalue weighted by molar-refractivity contribution is 4.80. The Hall–Kier alpha value is -0.0800. The first-order chi connectivity index (χ1) is 9.33. The smallest absolute Gasteiger partial charge is 0.00965 e. The van der Waals surface area contributed by atoms with Gasteiger partial charge in [0.25, 0.3) is 0 Å². The zero-order chi connectivity index (χ0) is 15.2. The van der Waals surface area contributed by atoms with E-state index in [2.05, 4.69) is 51.9 Å². The molecule has 2 nitrogen and oxygen atoms in total. The maximum absolute atomic E-state index is 3.59. The lowest BCUT2D eigenvalue weighted by atomic mass is 9.83. The molecule has 0 saturated heterocycles. The molecular formula is C18H38N2. The summed E-state index contributed by atoms with van der Waals surface area (Å²) in [5.41, 5.74) is 0.258. The van der Waals surface area contributed by atoms with Crippen LogP contribution in [-0.2, 0) is 0 Å². The van der Waals surface area contributed by atoms with Crippen LogP contribution in [0, 0.1) is 5.92 Å². The fourth-order valence-corrected chi connectivity index (χ4v) is 3.38. The fraction of sp³-hybridized carbons (Fsp3) is 1.00. The zero-order valence-corrected chi connectivity index (χ0v) is 14.8. The molecule has 0 heterocycles. The van der Waals surface area contributed by atoms with Crippen LogP contribution >= 0.6 is 0 Å². The van der Waals surface area contributed by atoms with Crippen LogP contribution in [0.2, 0.25) is 0 Å². The van der Waals surface area contributed by atoms with Crippen molar-refractivity contribution in [3.8, 4) is 0 Å². The number of hydrogen-bond acceptors (Lipinski definition) is 2. The van der Waals surface area contributed by atoms with Crippen molar-refractivity contribution < 1.29 is 0 Å². The molecule has 1 unspecified atom stereocenters. The van der Waals surface area contributed by atoms with Crippen molar-refractivity contribution in [1.29, 1.82) is 0 Å². The van der Waals surface area contributed by atoms with E-state index in [4.69, 9.17) is 0 Å². The highest BCUT2D eigenvalue weighted by Gasteiger charge is 2.25. The minimum Gasteiger partial charge on any atom is -0.312 e. The highest BCUT2D eigenvalue weighted by Crippen LogP contribution is 2.30. The fourth-order valence-electron chi connectivity index (χ4n) is 3.38. The Balaban J connectivity index is 2.20. The van der Waals surface area contributed by atoms with Crippen molar-refractivity contribution in [1.82, 2.24) is 10.2 Å². The maximum atomic E-state index is 3.59. The van der Waals surface area contributed by atoms with Crippen LogP contribution in [0.25, 0.3) is 0 Å². The molecule has 2 heteroatoms. The predicted octanol–water partition coefficient (Wildman–Crippen LogP) is 4.44. The SMILES string of the molecule is CCC1CCC(N(C)C(C)CCCNC(C)(C)C)CC1. The topological polar surface area (TPSA) is 15.3 Å². The van der Waals surface area contributed by atoms with Gasteiger partial charge < -0.3 is 10.2 Å². The number of nitrogens with one attached hydrogen (secondary N) is 1. The third-order valence-electron chi connectivity index (χ3n) is 5.12. The lowest BCUT2D eigenvalue weighted by molar-refractivity contribution is 0.120. The largest absolute Gasteiger partial charge is 0.312 e. The molecule has 120 valence electrons. The highest BCUT2D eigenvalue weighted by atomic mass is 15.2. The molecule has 0 spiro atoms. The molecule has 1 saturated carbocycles. The summed E-state index contributed by atoms with van der Waals surface area (Å²) in [6.45, 7) is 12.6. The predicted molar refractivity (Wildman–Crippen MR) is 90.3 cm³/mol. The van der Waals surface area contributed by atoms with Gasteiger partial charge in [-0.3, -0.25) is 0 Å². The van der Waals surface area contributed by atoms with Gasteiger partial charge in [-0.05, 0) is 85.7 Å². The molecule has 0 bridgehead atoms. The summed E-state index contributed by atoms with van der Waals surface area (Å²) in [5.74, 6) is 1.01. The van der Waals surface area contributed by atoms with E-state index in [1.807, 2.05) is 0 Å². The first-order valence-corrected chi connectivity index (χ1v) is 8.80. The molecule has 20 heavy (non-hydrogen) atoms. The molecule has 1 rings (SSSR count). The third kappa shape index (κ3) is 6.58. The van der Waals surface area contributed by atoms with Crippen molar-refractivity contribution in [2.45, 2.75) is 97.2 Å². The Morgan fingerprint density at radius 2 is 1.75 bits per heavy atom. The van der Waals surface area contributed by atoms with Crippen LogP contribution in [0.15, 0.2) is 0 Å². The van der Waals surface area contributed by atoms with Gasteiger partial charge in [0.2, 0.25) is 0 Å². The summed E-state index contributed by atoms with van der Waals surface area (Å²) in [6, 6.07) is 1.56. The van der Waals surface area contributed by atoms with E-state index >= 15 is 0 Å². The molecule has 1 fully saturated rings. The van der Waals surface area contributed by atoms with E-state index in [-0.39, 0.29) is 5.54 Å². The van der Waals surface area contributed by atoms with Crippen LogP contribution in [0.4, 0.5) is 0 Å². The lowest BCUT2D eigenvalue weighted by Gasteiger charge is -2.38. The monoisotopic (exact) mass is 282 g/mol. The Morgan fingerprint density at radius 3 is 2.25 bits per heavy atom. The summed E-state index contributed by atoms with van der Waals surface area (Å²) in [7, 11) is 2.35. The van der Waals surface area contributed by atoms with E-state index in [1.54, 1.807) is 0 Å². The minimum absolute atomic E-state index is 0.258. The van der Waals surface area contributed by atoms with Gasteiger partial charge in [0.15, 0.2) is 0 Å². The second-order valence-electron chi connectivity index (χ2n) is 7.92. The molecule has 0 aliphatic heterocycles. The molecular weight excluding hydrogens is 244 g/mol. The molecule has 1 aliphatic carbocycles. The molecule has 1 atom stereocenters. The van der Waals surface area contributed by atoms with Crippen LogP contribution in [-0.4, -0.2) is 36.1 Å². The maximum Gasteiger partial charge on any atom is 0.00965 e. The van der Waals surface area contributed by atoms with E-state index in [1.165, 1.54) is 44.9 Å². The van der Waals surface area contributed by atoms with Gasteiger partial charge in [0.05, 0.1) is 0 Å². The van der Waals surface area contributed by atoms with Crippen molar-refractivity contribution in [2.75, 3.05) is 13.6 Å². The molecule has 0 aromatic carbocycles. The van der Waals surface area contributed by atoms with E-state index in [0.717, 1.165) is 24.5 Å². The number of rotatable bonds is 7. The van der Waals surface area contributed by atoms with Gasteiger partial charge in [-0.2, -0.15) is 0 Å². The first kappa shape index (κ1) is 18.0. The Morgan fingerprint density at radius 1 is 1.15 bits per heavy atom. The Kier molecular flexibility index (Phi) is 7.53. The molecule has 0 amide bonds. The van der Waals surface area contributed by atoms with Crippen LogP contribution in [0.3, 0.4) is 0 Å². The molecule has 1 N–H and O–H groups in total. The van der Waals surface area contributed by atoms with Crippen LogP contribution in [0.5, 0.6) is 0 Å². The summed E-state index contributed by atoms with van der Waals surface area (Å²) < 4.78 is 0. The van der Waals surface area contributed by atoms with Crippen molar-refractivity contribution in [2.24, 2.45) is 5.92 Å². The van der Waals surface area contributed by atoms with Gasteiger partial charge in [0, 0.05) is 17.6 Å². The van der Waals surface area contributed by atoms with Gasteiger partial charge in [0.1, 0.15) is 0 Å². The average Bonchev–Trinajstić information content (AvgIpc) is 2.41. The van der Waals surface area contributed by atoms with Crippen molar-refractivity contribution >= 4 is 0 Å². The zero-order valence-electron chi connectivity index (χ0n) is 14.8. The summed E-state index contributed by atoms with van der Waals surface area (Å²) in [6.07, 6.45) is 9.71. The number of nitrogens with zero attached hydrogens (tertiary/aromatic N) is 1. The second kappa shape index (κ2) is 8.38. The lowest BCUT2D eigenvalue weighted by Crippen LogP contribution is -2.41. The van der Waals surface area contributed by atoms with Gasteiger partial charge in [-0.25, -0.2) is 0 Å². The quantitative estimate of drug-likeness (QED) is 0.694. The minimum atomic E-state index is 0.258. The molecule has 1 aliphatic rings. The molecule has 0 aromatic heterocycles. The third-order valence-corrected chi connectivity index (χ3v) is 5.12. The number of hydrogen-bond donors (Lipinski definition) is 1. The van der Waals surface area contributed by atoms with Crippen molar-refractivity contribution in [3.05, 3.63) is 0 Å². The Bertz CT molecular complexity index is 249. The van der Waals surface area contributed by atoms with E-state index in [0.29, 0.717) is 0 Å². The summed E-state index contributed by atoms with van der Waals surface area (Å²) in [5, 5.41) is 3.59. The van der Waals surface area contributed by atoms with E-state index in [9.17, 15) is 0 Å². The van der Waals surface area contributed by atoms with Gasteiger partial charge in [-0.15, -0.1) is 0 Å². The summed E-state index contributed by atoms with van der Waals surface area (Å²) in [4.78, 5) is 2.66. The normalized spacial score (nSPS) is 25.9. The van der Waals surface area contributed by atoms with Crippen LogP contribution in [0.1, 0.15) is 79.6 Å². The molecule has 0 aromatic rings. The van der Waals surface area contributed by atoms with Crippen LogP contribution < -0.4 is 5.32 Å². The molecule has 0 radical (unpaired) electrons. The van der Waals surface area contributed by atoms with Gasteiger partial charge in [-0.1, -0.05) is 13.3 Å². The first-order valence-electron chi connectivity index (χ1n) is 8.80.